The minimum Gasteiger partial charge on any atom is -0.456 e. The summed E-state index contributed by atoms with van der Waals surface area (Å²) in [6, 6.07) is 64.5. The van der Waals surface area contributed by atoms with Crippen LogP contribution in [0.3, 0.4) is 0 Å². The predicted molar refractivity (Wildman–Crippen MR) is 234 cm³/mol. The fourth-order valence-corrected chi connectivity index (χ4v) is 10.0. The molecule has 2 aliphatic carbocycles. The Bertz CT molecular complexity index is 3030. The van der Waals surface area contributed by atoms with Crippen molar-refractivity contribution in [2.24, 2.45) is 0 Å². The van der Waals surface area contributed by atoms with E-state index in [-0.39, 0.29) is 10.8 Å². The van der Waals surface area contributed by atoms with Crippen molar-refractivity contribution < 1.29 is 4.42 Å². The minimum absolute atomic E-state index is 0.0960. The van der Waals surface area contributed by atoms with Gasteiger partial charge >= 0.3 is 0 Å². The van der Waals surface area contributed by atoms with Crippen LogP contribution in [0.1, 0.15) is 49.9 Å². The van der Waals surface area contributed by atoms with E-state index in [4.69, 9.17) is 4.42 Å². The van der Waals surface area contributed by atoms with E-state index in [9.17, 15) is 0 Å². The summed E-state index contributed by atoms with van der Waals surface area (Å²) in [5, 5.41) is 2.21. The number of hydrogen-bond acceptors (Lipinski definition) is 2. The SMILES string of the molecule is CC1(C)c2ccccc2-c2ccc(-c3ccccc3N(c3ccc(-c4cccc5c4C(C)(C)c4ccccc4-5)cc3)c3cccc4oc5ccccc5c34)cc21. The van der Waals surface area contributed by atoms with Crippen LogP contribution < -0.4 is 4.90 Å². The van der Waals surface area contributed by atoms with E-state index < -0.39 is 0 Å². The van der Waals surface area contributed by atoms with Gasteiger partial charge in [0.1, 0.15) is 11.2 Å². The maximum absolute atomic E-state index is 6.47. The van der Waals surface area contributed by atoms with E-state index in [1.165, 1.54) is 66.8 Å². The van der Waals surface area contributed by atoms with Crippen LogP contribution >= 0.6 is 0 Å². The molecule has 0 saturated carbocycles. The van der Waals surface area contributed by atoms with Crippen LogP contribution in [0.4, 0.5) is 17.1 Å². The Labute approximate surface area is 328 Å². The summed E-state index contributed by atoms with van der Waals surface area (Å²) in [5.41, 5.74) is 20.6. The highest BCUT2D eigenvalue weighted by atomic mass is 16.3. The molecule has 1 aromatic heterocycles. The molecule has 2 heteroatoms. The maximum atomic E-state index is 6.47. The molecule has 2 nitrogen and oxygen atoms in total. The molecule has 0 fully saturated rings. The van der Waals surface area contributed by atoms with Gasteiger partial charge in [0.15, 0.2) is 0 Å². The van der Waals surface area contributed by atoms with Gasteiger partial charge in [0, 0.05) is 27.5 Å². The van der Waals surface area contributed by atoms with E-state index in [0.717, 1.165) is 39.0 Å². The molecule has 0 saturated heterocycles. The summed E-state index contributed by atoms with van der Waals surface area (Å²) in [6.45, 7) is 9.44. The number of furan rings is 1. The van der Waals surface area contributed by atoms with Gasteiger partial charge in [-0.25, -0.2) is 0 Å². The van der Waals surface area contributed by atoms with Crippen molar-refractivity contribution in [1.29, 1.82) is 0 Å². The van der Waals surface area contributed by atoms with Crippen LogP contribution in [0.25, 0.3) is 66.4 Å². The molecule has 0 amide bonds. The Kier molecular flexibility index (Phi) is 6.98. The fraction of sp³-hybridized carbons (Fsp3) is 0.111. The second-order valence-electron chi connectivity index (χ2n) is 16.5. The molecule has 0 aliphatic heterocycles. The van der Waals surface area contributed by atoms with Gasteiger partial charge in [-0.15, -0.1) is 0 Å². The number of nitrogens with zero attached hydrogens (tertiary/aromatic N) is 1. The van der Waals surface area contributed by atoms with Gasteiger partial charge in [0.05, 0.1) is 16.8 Å². The first-order valence-corrected chi connectivity index (χ1v) is 19.7. The lowest BCUT2D eigenvalue weighted by Gasteiger charge is -2.29. The molecule has 11 rings (SSSR count). The normalized spacial score (nSPS) is 14.4. The van der Waals surface area contributed by atoms with Gasteiger partial charge in [-0.05, 0) is 104 Å². The molecule has 0 bridgehead atoms. The number of rotatable bonds is 5. The van der Waals surface area contributed by atoms with Gasteiger partial charge in [0.2, 0.25) is 0 Å². The molecule has 56 heavy (non-hydrogen) atoms. The Hall–Kier alpha value is -6.64. The van der Waals surface area contributed by atoms with Crippen molar-refractivity contribution in [2.45, 2.75) is 38.5 Å². The van der Waals surface area contributed by atoms with Crippen LogP contribution in [0.2, 0.25) is 0 Å². The number of hydrogen-bond donors (Lipinski definition) is 0. The third kappa shape index (κ3) is 4.62. The summed E-state index contributed by atoms with van der Waals surface area (Å²) in [6.07, 6.45) is 0. The molecule has 0 atom stereocenters. The Balaban J connectivity index is 1.10. The minimum atomic E-state index is -0.101. The Morgan fingerprint density at radius 3 is 1.75 bits per heavy atom. The van der Waals surface area contributed by atoms with Gasteiger partial charge in [-0.3, -0.25) is 0 Å². The zero-order valence-electron chi connectivity index (χ0n) is 32.1. The quantitative estimate of drug-likeness (QED) is 0.176. The van der Waals surface area contributed by atoms with E-state index in [1.807, 2.05) is 6.07 Å². The zero-order valence-corrected chi connectivity index (χ0v) is 32.1. The second kappa shape index (κ2) is 11.9. The van der Waals surface area contributed by atoms with E-state index in [0.29, 0.717) is 0 Å². The van der Waals surface area contributed by atoms with Crippen LogP contribution in [0.5, 0.6) is 0 Å². The summed E-state index contributed by atoms with van der Waals surface area (Å²) in [5.74, 6) is 0. The lowest BCUT2D eigenvalue weighted by molar-refractivity contribution is 0.660. The molecular formula is C54H41NO. The average molecular weight is 720 g/mol. The highest BCUT2D eigenvalue weighted by molar-refractivity contribution is 6.14. The van der Waals surface area contributed by atoms with Crippen molar-refractivity contribution in [3.8, 4) is 44.5 Å². The molecule has 8 aromatic carbocycles. The van der Waals surface area contributed by atoms with E-state index >= 15 is 0 Å². The van der Waals surface area contributed by atoms with Crippen molar-refractivity contribution in [3.05, 3.63) is 198 Å². The Morgan fingerprint density at radius 2 is 0.946 bits per heavy atom. The third-order valence-corrected chi connectivity index (χ3v) is 12.7. The lowest BCUT2D eigenvalue weighted by atomic mass is 9.79. The predicted octanol–water partition coefficient (Wildman–Crippen LogP) is 15.0. The van der Waals surface area contributed by atoms with Crippen LogP contribution in [-0.4, -0.2) is 0 Å². The monoisotopic (exact) mass is 719 g/mol. The summed E-state index contributed by atoms with van der Waals surface area (Å²) >= 11 is 0. The summed E-state index contributed by atoms with van der Waals surface area (Å²) in [4.78, 5) is 2.44. The first-order valence-electron chi connectivity index (χ1n) is 19.7. The van der Waals surface area contributed by atoms with Crippen LogP contribution in [-0.2, 0) is 10.8 Å². The standard InChI is InChI=1S/C54H41NO/c1-53(2)44-21-9-5-16-39(44)41-32-29-35(33-46(41)53)37-15-7-11-23-47(37)55(48-24-14-26-50-51(48)43-18-8-12-25-49(43)56-50)36-30-27-34(28-31-36)38-19-13-20-42-40-17-6-10-22-45(40)54(3,4)52(38)42/h5-33H,1-4H3. The number of para-hydroxylation sites is 2. The van der Waals surface area contributed by atoms with Gasteiger partial charge in [-0.2, -0.15) is 0 Å². The Morgan fingerprint density at radius 1 is 0.393 bits per heavy atom. The first-order chi connectivity index (χ1) is 27.3. The van der Waals surface area contributed by atoms with Gasteiger partial charge in [0.25, 0.3) is 0 Å². The van der Waals surface area contributed by atoms with E-state index in [1.54, 1.807) is 0 Å². The first kappa shape index (κ1) is 32.8. The van der Waals surface area contributed by atoms with Crippen LogP contribution in [0.15, 0.2) is 180 Å². The summed E-state index contributed by atoms with van der Waals surface area (Å²) < 4.78 is 6.47. The second-order valence-corrected chi connectivity index (χ2v) is 16.5. The van der Waals surface area contributed by atoms with Crippen molar-refractivity contribution >= 4 is 39.0 Å². The molecular weight excluding hydrogens is 679 g/mol. The highest BCUT2D eigenvalue weighted by Crippen LogP contribution is 2.54. The molecule has 268 valence electrons. The maximum Gasteiger partial charge on any atom is 0.137 e. The molecule has 0 radical (unpaired) electrons. The van der Waals surface area contributed by atoms with E-state index in [2.05, 4.69) is 202 Å². The van der Waals surface area contributed by atoms with Gasteiger partial charge < -0.3 is 9.32 Å². The molecule has 0 spiro atoms. The fourth-order valence-electron chi connectivity index (χ4n) is 10.0. The van der Waals surface area contributed by atoms with Crippen molar-refractivity contribution in [2.75, 3.05) is 4.90 Å². The summed E-state index contributed by atoms with van der Waals surface area (Å²) in [7, 11) is 0. The number of anilines is 3. The molecule has 0 N–H and O–H groups in total. The van der Waals surface area contributed by atoms with Crippen molar-refractivity contribution in [3.63, 3.8) is 0 Å². The molecule has 2 aliphatic rings. The molecule has 1 heterocycles. The smallest absolute Gasteiger partial charge is 0.137 e. The zero-order chi connectivity index (χ0) is 37.8. The van der Waals surface area contributed by atoms with Crippen LogP contribution in [0, 0.1) is 0 Å². The molecule has 0 unspecified atom stereocenters. The largest absolute Gasteiger partial charge is 0.456 e. The topological polar surface area (TPSA) is 16.4 Å². The lowest BCUT2D eigenvalue weighted by Crippen LogP contribution is -2.16. The van der Waals surface area contributed by atoms with Gasteiger partial charge in [-0.1, -0.05) is 161 Å². The number of benzene rings is 8. The number of fused-ring (bicyclic) bond motifs is 9. The third-order valence-electron chi connectivity index (χ3n) is 12.7. The van der Waals surface area contributed by atoms with Crippen molar-refractivity contribution in [1.82, 2.24) is 0 Å². The average Bonchev–Trinajstić information content (AvgIpc) is 3.82. The highest BCUT2D eigenvalue weighted by Gasteiger charge is 2.38. The molecule has 9 aromatic rings.